The van der Waals surface area contributed by atoms with E-state index in [0.717, 1.165) is 10.0 Å². The minimum atomic E-state index is -0.166. The van der Waals surface area contributed by atoms with Crippen LogP contribution in [0.3, 0.4) is 0 Å². The minimum absolute atomic E-state index is 0.154. The van der Waals surface area contributed by atoms with E-state index in [1.54, 1.807) is 19.2 Å². The molecule has 1 aromatic heterocycles. The van der Waals surface area contributed by atoms with Crippen molar-refractivity contribution in [2.24, 2.45) is 0 Å². The van der Waals surface area contributed by atoms with Crippen molar-refractivity contribution in [1.29, 1.82) is 0 Å². The van der Waals surface area contributed by atoms with Crippen molar-refractivity contribution in [3.63, 3.8) is 0 Å². The van der Waals surface area contributed by atoms with Gasteiger partial charge in [0.1, 0.15) is 0 Å². The summed E-state index contributed by atoms with van der Waals surface area (Å²) in [6, 6.07) is 10.9. The summed E-state index contributed by atoms with van der Waals surface area (Å²) in [5, 5.41) is 3.38. The van der Waals surface area contributed by atoms with E-state index in [1.165, 1.54) is 10.9 Å². The molecule has 1 amide bonds. The predicted octanol–water partition coefficient (Wildman–Crippen LogP) is 3.27. The molecular formula is C21H22BrN3O4. The number of aromatic nitrogens is 2. The number of hydrogen-bond donors (Lipinski definition) is 1. The van der Waals surface area contributed by atoms with E-state index in [4.69, 9.17) is 9.47 Å². The number of hydrogen-bond acceptors (Lipinski definition) is 5. The summed E-state index contributed by atoms with van der Waals surface area (Å²) in [7, 11) is 1.58. The van der Waals surface area contributed by atoms with Gasteiger partial charge in [0, 0.05) is 24.0 Å². The van der Waals surface area contributed by atoms with E-state index in [9.17, 15) is 9.59 Å². The predicted molar refractivity (Wildman–Crippen MR) is 114 cm³/mol. The Morgan fingerprint density at radius 3 is 2.79 bits per heavy atom. The van der Waals surface area contributed by atoms with Gasteiger partial charge in [-0.25, -0.2) is 4.98 Å². The van der Waals surface area contributed by atoms with Crippen LogP contribution in [0.1, 0.15) is 18.9 Å². The van der Waals surface area contributed by atoms with Gasteiger partial charge in [-0.1, -0.05) is 22.0 Å². The van der Waals surface area contributed by atoms with Crippen LogP contribution in [0.2, 0.25) is 0 Å². The number of rotatable bonds is 8. The average molecular weight is 460 g/mol. The number of halogens is 1. The van der Waals surface area contributed by atoms with Crippen LogP contribution in [0.5, 0.6) is 11.5 Å². The lowest BCUT2D eigenvalue weighted by Gasteiger charge is -2.12. The van der Waals surface area contributed by atoms with Gasteiger partial charge in [0.15, 0.2) is 11.5 Å². The highest BCUT2D eigenvalue weighted by Gasteiger charge is 2.09. The maximum atomic E-state index is 12.6. The summed E-state index contributed by atoms with van der Waals surface area (Å²) in [5.41, 5.74) is 1.36. The molecular weight excluding hydrogens is 438 g/mol. The van der Waals surface area contributed by atoms with Crippen molar-refractivity contribution in [1.82, 2.24) is 14.9 Å². The molecule has 0 saturated carbocycles. The smallest absolute Gasteiger partial charge is 0.261 e. The van der Waals surface area contributed by atoms with Gasteiger partial charge in [0.25, 0.3) is 5.56 Å². The first-order valence-electron chi connectivity index (χ1n) is 9.23. The number of fused-ring (bicyclic) bond motifs is 1. The summed E-state index contributed by atoms with van der Waals surface area (Å²) in [6.45, 7) is 3.07. The molecule has 0 aliphatic rings. The number of nitrogens with zero attached hydrogens (tertiary/aromatic N) is 2. The third kappa shape index (κ3) is 5.14. The van der Waals surface area contributed by atoms with E-state index >= 15 is 0 Å². The van der Waals surface area contributed by atoms with Gasteiger partial charge < -0.3 is 14.8 Å². The van der Waals surface area contributed by atoms with Crippen LogP contribution >= 0.6 is 15.9 Å². The Kier molecular flexibility index (Phi) is 6.87. The molecule has 3 rings (SSSR count). The van der Waals surface area contributed by atoms with Crippen molar-refractivity contribution >= 4 is 32.7 Å². The second kappa shape index (κ2) is 9.56. The number of benzene rings is 2. The fraction of sp³-hybridized carbons (Fsp3) is 0.286. The molecule has 0 radical (unpaired) electrons. The molecule has 0 unspecified atom stereocenters. The summed E-state index contributed by atoms with van der Waals surface area (Å²) < 4.78 is 13.1. The number of aryl methyl sites for hydroxylation is 1. The first-order valence-corrected chi connectivity index (χ1v) is 10.0. The SMILES string of the molecule is CCOc1ccc(CNC(=O)CCn2cnc3ccc(Br)cc3c2=O)cc1OC. The summed E-state index contributed by atoms with van der Waals surface area (Å²) in [5.74, 6) is 1.14. The maximum absolute atomic E-state index is 12.6. The maximum Gasteiger partial charge on any atom is 0.261 e. The van der Waals surface area contributed by atoms with Gasteiger partial charge >= 0.3 is 0 Å². The standard InChI is InChI=1S/C21H22BrN3O4/c1-3-29-18-7-4-14(10-19(18)28-2)12-23-20(26)8-9-25-13-24-17-6-5-15(22)11-16(17)21(25)27/h4-7,10-11,13H,3,8-9,12H2,1-2H3,(H,23,26). The Morgan fingerprint density at radius 1 is 1.21 bits per heavy atom. The van der Waals surface area contributed by atoms with Gasteiger partial charge in [0.05, 0.1) is 30.9 Å². The van der Waals surface area contributed by atoms with Crippen molar-refractivity contribution in [2.45, 2.75) is 26.4 Å². The van der Waals surface area contributed by atoms with Crippen molar-refractivity contribution in [3.8, 4) is 11.5 Å². The molecule has 1 heterocycles. The Bertz CT molecular complexity index is 1080. The van der Waals surface area contributed by atoms with Crippen LogP contribution in [-0.2, 0) is 17.9 Å². The quantitative estimate of drug-likeness (QED) is 0.558. The summed E-state index contributed by atoms with van der Waals surface area (Å²) >= 11 is 3.36. The minimum Gasteiger partial charge on any atom is -0.493 e. The van der Waals surface area contributed by atoms with Crippen molar-refractivity contribution < 1.29 is 14.3 Å². The van der Waals surface area contributed by atoms with Crippen LogP contribution < -0.4 is 20.3 Å². The fourth-order valence-corrected chi connectivity index (χ4v) is 3.26. The third-order valence-electron chi connectivity index (χ3n) is 4.38. The third-order valence-corrected chi connectivity index (χ3v) is 4.88. The molecule has 0 saturated heterocycles. The van der Waals surface area contributed by atoms with Crippen molar-refractivity contribution in [2.75, 3.05) is 13.7 Å². The molecule has 1 N–H and O–H groups in total. The molecule has 0 bridgehead atoms. The van der Waals surface area contributed by atoms with Gasteiger partial charge in [-0.3, -0.25) is 14.2 Å². The Morgan fingerprint density at radius 2 is 2.03 bits per heavy atom. The number of ether oxygens (including phenoxy) is 2. The molecule has 152 valence electrons. The van der Waals surface area contributed by atoms with Gasteiger partial charge in [-0.05, 0) is 42.8 Å². The summed E-state index contributed by atoms with van der Waals surface area (Å²) in [6.07, 6.45) is 1.65. The molecule has 29 heavy (non-hydrogen) atoms. The molecule has 0 aliphatic heterocycles. The topological polar surface area (TPSA) is 82.5 Å². The molecule has 0 fully saturated rings. The van der Waals surface area contributed by atoms with E-state index in [-0.39, 0.29) is 24.4 Å². The highest BCUT2D eigenvalue weighted by Crippen LogP contribution is 2.27. The van der Waals surface area contributed by atoms with Crippen LogP contribution in [0.4, 0.5) is 0 Å². The molecule has 2 aromatic carbocycles. The molecule has 7 nitrogen and oxygen atoms in total. The average Bonchev–Trinajstić information content (AvgIpc) is 2.73. The van der Waals surface area contributed by atoms with Gasteiger partial charge in [0.2, 0.25) is 5.91 Å². The fourth-order valence-electron chi connectivity index (χ4n) is 2.90. The van der Waals surface area contributed by atoms with E-state index in [1.807, 2.05) is 31.2 Å². The first kappa shape index (κ1) is 20.9. The summed E-state index contributed by atoms with van der Waals surface area (Å²) in [4.78, 5) is 29.1. The molecule has 3 aromatic rings. The lowest BCUT2D eigenvalue weighted by atomic mass is 10.2. The lowest BCUT2D eigenvalue weighted by molar-refractivity contribution is -0.121. The van der Waals surface area contributed by atoms with Crippen LogP contribution in [0.25, 0.3) is 10.9 Å². The van der Waals surface area contributed by atoms with E-state index in [0.29, 0.717) is 35.6 Å². The number of nitrogens with one attached hydrogen (secondary N) is 1. The van der Waals surface area contributed by atoms with E-state index in [2.05, 4.69) is 26.2 Å². The molecule has 0 spiro atoms. The van der Waals surface area contributed by atoms with Crippen LogP contribution in [-0.4, -0.2) is 29.2 Å². The second-order valence-corrected chi connectivity index (χ2v) is 7.27. The van der Waals surface area contributed by atoms with Crippen LogP contribution in [0.15, 0.2) is 52.0 Å². The molecule has 0 atom stereocenters. The molecule has 8 heteroatoms. The second-order valence-electron chi connectivity index (χ2n) is 6.35. The normalized spacial score (nSPS) is 10.7. The van der Waals surface area contributed by atoms with Crippen LogP contribution in [0, 0.1) is 0 Å². The zero-order chi connectivity index (χ0) is 20.8. The van der Waals surface area contributed by atoms with Crippen molar-refractivity contribution in [3.05, 3.63) is 63.1 Å². The number of methoxy groups -OCH3 is 1. The number of carbonyl (C=O) groups is 1. The zero-order valence-electron chi connectivity index (χ0n) is 16.3. The zero-order valence-corrected chi connectivity index (χ0v) is 17.9. The van der Waals surface area contributed by atoms with Gasteiger partial charge in [-0.15, -0.1) is 0 Å². The highest BCUT2D eigenvalue weighted by atomic mass is 79.9. The van der Waals surface area contributed by atoms with E-state index < -0.39 is 0 Å². The Hall–Kier alpha value is -2.87. The highest BCUT2D eigenvalue weighted by molar-refractivity contribution is 9.10. The first-order chi connectivity index (χ1) is 14.0. The lowest BCUT2D eigenvalue weighted by Crippen LogP contribution is -2.27. The van der Waals surface area contributed by atoms with Gasteiger partial charge in [-0.2, -0.15) is 0 Å². The Labute approximate surface area is 176 Å². The largest absolute Gasteiger partial charge is 0.493 e. The molecule has 0 aliphatic carbocycles. The number of carbonyl (C=O) groups excluding carboxylic acids is 1. The number of amides is 1. The Balaban J connectivity index is 1.60. The monoisotopic (exact) mass is 459 g/mol.